The number of aromatic amines is 1. The first-order chi connectivity index (χ1) is 17.8. The molecule has 4 heterocycles. The number of amides is 1. The second-order valence-electron chi connectivity index (χ2n) is 11.1. The molecule has 0 unspecified atom stereocenters. The third kappa shape index (κ3) is 4.57. The predicted molar refractivity (Wildman–Crippen MR) is 140 cm³/mol. The van der Waals surface area contributed by atoms with Crippen LogP contribution in [0.2, 0.25) is 0 Å². The molecule has 1 saturated carbocycles. The van der Waals surface area contributed by atoms with Crippen LogP contribution < -0.4 is 16.0 Å². The summed E-state index contributed by atoms with van der Waals surface area (Å²) in [6.07, 6.45) is 5.80. The van der Waals surface area contributed by atoms with Crippen molar-refractivity contribution in [1.82, 2.24) is 36.0 Å². The van der Waals surface area contributed by atoms with Crippen molar-refractivity contribution in [3.8, 4) is 11.1 Å². The number of aromatic nitrogens is 5. The summed E-state index contributed by atoms with van der Waals surface area (Å²) in [7, 11) is 0. The molecule has 37 heavy (non-hydrogen) atoms. The third-order valence-corrected chi connectivity index (χ3v) is 7.22. The summed E-state index contributed by atoms with van der Waals surface area (Å²) in [6, 6.07) is 10.7. The molecular formula is C27H32N8O2. The smallest absolute Gasteiger partial charge is 0.293 e. The zero-order valence-electron chi connectivity index (χ0n) is 21.4. The minimum absolute atomic E-state index is 0.0696. The molecule has 3 aromatic heterocycles. The molecule has 0 bridgehead atoms. The highest BCUT2D eigenvalue weighted by Crippen LogP contribution is 2.46. The van der Waals surface area contributed by atoms with Crippen molar-refractivity contribution in [3.63, 3.8) is 0 Å². The fourth-order valence-corrected chi connectivity index (χ4v) is 4.94. The molecule has 1 atom stereocenters. The van der Waals surface area contributed by atoms with Gasteiger partial charge in [0.1, 0.15) is 0 Å². The number of anilines is 1. The fourth-order valence-electron chi connectivity index (χ4n) is 4.94. The normalized spacial score (nSPS) is 19.1. The Hall–Kier alpha value is -3.79. The van der Waals surface area contributed by atoms with E-state index < -0.39 is 5.54 Å². The van der Waals surface area contributed by atoms with Crippen LogP contribution in [-0.2, 0) is 11.0 Å². The predicted octanol–water partition coefficient (Wildman–Crippen LogP) is 3.89. The summed E-state index contributed by atoms with van der Waals surface area (Å²) in [5.74, 6) is 1.03. The largest absolute Gasteiger partial charge is 0.364 e. The lowest BCUT2D eigenvalue weighted by molar-refractivity contribution is 0.0917. The van der Waals surface area contributed by atoms with Gasteiger partial charge in [-0.15, -0.1) is 0 Å². The standard InChI is InChI=1S/C27H32N8O2/c1-26(2,3)25-31-23(35-37-25)24(36)32-27(11-12-27)17-8-6-16(7-9-17)19-10-14-29-21-20(19)22(34-33-21)30-18-5-4-13-28-15-18/h6-10,14,18,28H,4-5,11-13,15H2,1-3H3,(H,32,36)(H2,29,30,33,34)/t18-/m1/s1. The summed E-state index contributed by atoms with van der Waals surface area (Å²) in [6.45, 7) is 7.90. The second kappa shape index (κ2) is 8.95. The highest BCUT2D eigenvalue weighted by Gasteiger charge is 2.46. The van der Waals surface area contributed by atoms with Crippen LogP contribution in [0.1, 0.15) is 68.5 Å². The van der Waals surface area contributed by atoms with Crippen LogP contribution in [0.4, 0.5) is 5.82 Å². The van der Waals surface area contributed by atoms with Gasteiger partial charge in [0, 0.05) is 24.2 Å². The first kappa shape index (κ1) is 23.6. The van der Waals surface area contributed by atoms with E-state index in [0.717, 1.165) is 72.3 Å². The van der Waals surface area contributed by atoms with Crippen molar-refractivity contribution in [2.75, 3.05) is 18.4 Å². The highest BCUT2D eigenvalue weighted by atomic mass is 16.5. The quantitative estimate of drug-likeness (QED) is 0.313. The zero-order valence-corrected chi connectivity index (χ0v) is 21.4. The Bertz CT molecular complexity index is 1420. The lowest BCUT2D eigenvalue weighted by Crippen LogP contribution is -2.38. The molecule has 10 heteroatoms. The molecule has 1 aromatic carbocycles. The van der Waals surface area contributed by atoms with E-state index in [0.29, 0.717) is 11.9 Å². The topological polar surface area (TPSA) is 134 Å². The third-order valence-electron chi connectivity index (χ3n) is 7.22. The number of carbonyl (C=O) groups is 1. The van der Waals surface area contributed by atoms with Gasteiger partial charge in [-0.25, -0.2) is 4.98 Å². The summed E-state index contributed by atoms with van der Waals surface area (Å²) in [5.41, 5.74) is 3.24. The number of hydrogen-bond acceptors (Lipinski definition) is 8. The number of rotatable bonds is 6. The van der Waals surface area contributed by atoms with Gasteiger partial charge >= 0.3 is 0 Å². The number of piperidine rings is 1. The average molecular weight is 501 g/mol. The molecule has 4 aromatic rings. The minimum atomic E-state index is -0.401. The van der Waals surface area contributed by atoms with E-state index >= 15 is 0 Å². The number of nitrogens with zero attached hydrogens (tertiary/aromatic N) is 4. The van der Waals surface area contributed by atoms with E-state index in [9.17, 15) is 4.79 Å². The number of fused-ring (bicyclic) bond motifs is 1. The maximum Gasteiger partial charge on any atom is 0.293 e. The van der Waals surface area contributed by atoms with Crippen molar-refractivity contribution in [1.29, 1.82) is 0 Å². The van der Waals surface area contributed by atoms with Gasteiger partial charge in [0.05, 0.1) is 10.9 Å². The molecule has 192 valence electrons. The van der Waals surface area contributed by atoms with Crippen LogP contribution in [0, 0.1) is 0 Å². The first-order valence-corrected chi connectivity index (χ1v) is 12.9. The van der Waals surface area contributed by atoms with Gasteiger partial charge in [-0.1, -0.05) is 50.2 Å². The molecule has 0 spiro atoms. The monoisotopic (exact) mass is 500 g/mol. The Kier molecular flexibility index (Phi) is 5.71. The molecule has 1 aliphatic heterocycles. The van der Waals surface area contributed by atoms with Crippen LogP contribution in [-0.4, -0.2) is 50.4 Å². The van der Waals surface area contributed by atoms with E-state index in [1.54, 1.807) is 6.20 Å². The number of carbonyl (C=O) groups excluding carboxylic acids is 1. The van der Waals surface area contributed by atoms with Crippen molar-refractivity contribution >= 4 is 22.8 Å². The fraction of sp³-hybridized carbons (Fsp3) is 0.444. The van der Waals surface area contributed by atoms with Crippen LogP contribution in [0.3, 0.4) is 0 Å². The summed E-state index contributed by atoms with van der Waals surface area (Å²) in [5, 5.41) is 22.7. The van der Waals surface area contributed by atoms with Crippen molar-refractivity contribution < 1.29 is 9.32 Å². The van der Waals surface area contributed by atoms with Gasteiger partial charge in [-0.3, -0.25) is 9.89 Å². The average Bonchev–Trinajstić information content (AvgIpc) is 3.30. The van der Waals surface area contributed by atoms with E-state index in [4.69, 9.17) is 4.52 Å². The molecule has 10 nitrogen and oxygen atoms in total. The molecule has 2 fully saturated rings. The van der Waals surface area contributed by atoms with Crippen LogP contribution in [0.15, 0.2) is 41.1 Å². The van der Waals surface area contributed by atoms with E-state index in [1.165, 1.54) is 0 Å². The molecule has 1 aliphatic carbocycles. The Morgan fingerprint density at radius 1 is 1.16 bits per heavy atom. The van der Waals surface area contributed by atoms with E-state index in [-0.39, 0.29) is 17.1 Å². The first-order valence-electron chi connectivity index (χ1n) is 12.9. The Labute approximate surface area is 215 Å². The molecular weight excluding hydrogens is 468 g/mol. The summed E-state index contributed by atoms with van der Waals surface area (Å²) >= 11 is 0. The van der Waals surface area contributed by atoms with Crippen molar-refractivity contribution in [3.05, 3.63) is 53.8 Å². The van der Waals surface area contributed by atoms with Gasteiger partial charge in [-0.05, 0) is 55.0 Å². The number of benzene rings is 1. The maximum atomic E-state index is 12.9. The Morgan fingerprint density at radius 3 is 2.65 bits per heavy atom. The molecule has 0 radical (unpaired) electrons. The molecule has 6 rings (SSSR count). The van der Waals surface area contributed by atoms with Gasteiger partial charge < -0.3 is 20.5 Å². The summed E-state index contributed by atoms with van der Waals surface area (Å²) in [4.78, 5) is 21.7. The van der Waals surface area contributed by atoms with Crippen LogP contribution in [0.5, 0.6) is 0 Å². The Balaban J connectivity index is 1.23. The molecule has 1 amide bonds. The highest BCUT2D eigenvalue weighted by molar-refractivity contribution is 6.00. The number of nitrogens with one attached hydrogen (secondary N) is 4. The van der Waals surface area contributed by atoms with Crippen LogP contribution >= 0.6 is 0 Å². The van der Waals surface area contributed by atoms with E-state index in [2.05, 4.69) is 65.5 Å². The second-order valence-corrected chi connectivity index (χ2v) is 11.1. The zero-order chi connectivity index (χ0) is 25.6. The van der Waals surface area contributed by atoms with Crippen molar-refractivity contribution in [2.24, 2.45) is 0 Å². The van der Waals surface area contributed by atoms with Gasteiger partial charge in [0.25, 0.3) is 11.7 Å². The lowest BCUT2D eigenvalue weighted by atomic mass is 9.97. The lowest BCUT2D eigenvalue weighted by Gasteiger charge is -2.24. The molecule has 1 saturated heterocycles. The molecule has 2 aliphatic rings. The Morgan fingerprint density at radius 2 is 1.97 bits per heavy atom. The maximum absolute atomic E-state index is 12.9. The summed E-state index contributed by atoms with van der Waals surface area (Å²) < 4.78 is 5.30. The number of H-pyrrole nitrogens is 1. The van der Waals surface area contributed by atoms with Gasteiger partial charge in [-0.2, -0.15) is 10.1 Å². The number of pyridine rings is 1. The van der Waals surface area contributed by atoms with Crippen molar-refractivity contribution in [2.45, 2.75) is 63.5 Å². The minimum Gasteiger partial charge on any atom is -0.364 e. The SMILES string of the molecule is CC(C)(C)c1nc(C(=O)NC2(c3ccc(-c4ccnc5[nH]nc(N[C@@H]6CCCNC6)c45)cc3)CC2)no1. The number of hydrogen-bond donors (Lipinski definition) is 4. The van der Waals surface area contributed by atoms with Crippen LogP contribution in [0.25, 0.3) is 22.2 Å². The molecule has 4 N–H and O–H groups in total. The van der Waals surface area contributed by atoms with Gasteiger partial charge in [0.2, 0.25) is 5.89 Å². The van der Waals surface area contributed by atoms with E-state index in [1.807, 2.05) is 26.8 Å². The van der Waals surface area contributed by atoms with Gasteiger partial charge in [0.15, 0.2) is 11.5 Å².